The molecule has 7 heteroatoms. The predicted molar refractivity (Wildman–Crippen MR) is 101 cm³/mol. The first-order valence-electron chi connectivity index (χ1n) is 6.99. The first-order valence-corrected chi connectivity index (χ1v) is 9.27. The van der Waals surface area contributed by atoms with Gasteiger partial charge in [0.1, 0.15) is 6.07 Å². The monoisotopic (exact) mass is 405 g/mol. The molecule has 0 saturated carbocycles. The number of nitrogens with zero attached hydrogens (tertiary/aromatic N) is 2. The number of anilines is 2. The fourth-order valence-corrected chi connectivity index (χ4v) is 3.15. The molecular weight excluding hydrogens is 390 g/mol. The third kappa shape index (κ3) is 4.60. The van der Waals surface area contributed by atoms with Crippen molar-refractivity contribution in [2.75, 3.05) is 23.7 Å². The van der Waals surface area contributed by atoms with Crippen molar-refractivity contribution < 1.29 is 8.42 Å². The molecule has 0 heterocycles. The van der Waals surface area contributed by atoms with Crippen molar-refractivity contribution in [2.45, 2.75) is 0 Å². The Balaban J connectivity index is 2.28. The third-order valence-corrected chi connectivity index (χ3v) is 5.02. The Morgan fingerprint density at radius 1 is 1.12 bits per heavy atom. The fraction of sp³-hybridized carbons (Fsp3) is 0.118. The first kappa shape index (κ1) is 18.0. The number of hydrogen-bond donors (Lipinski definition) is 1. The number of hydrogen-bond acceptors (Lipinski definition) is 4. The van der Waals surface area contributed by atoms with Crippen LogP contribution in [0, 0.1) is 11.3 Å². The summed E-state index contributed by atoms with van der Waals surface area (Å²) in [5.74, 6) is 0. The van der Waals surface area contributed by atoms with E-state index in [1.807, 2.05) is 31.1 Å². The average molecular weight is 406 g/mol. The maximum atomic E-state index is 12.4. The van der Waals surface area contributed by atoms with Crippen LogP contribution in [0.4, 0.5) is 11.4 Å². The molecule has 0 fully saturated rings. The van der Waals surface area contributed by atoms with Gasteiger partial charge in [-0.05, 0) is 48.0 Å². The number of benzene rings is 2. The number of rotatable bonds is 5. The molecule has 0 aromatic heterocycles. The average Bonchev–Trinajstić information content (AvgIpc) is 2.54. The van der Waals surface area contributed by atoms with Crippen LogP contribution in [0.3, 0.4) is 0 Å². The van der Waals surface area contributed by atoms with Crippen molar-refractivity contribution in [1.29, 1.82) is 5.26 Å². The summed E-state index contributed by atoms with van der Waals surface area (Å²) in [6.45, 7) is 0. The largest absolute Gasteiger partial charge is 0.378 e. The molecule has 24 heavy (non-hydrogen) atoms. The molecule has 0 aliphatic rings. The molecule has 0 radical (unpaired) electrons. The predicted octanol–water partition coefficient (Wildman–Crippen LogP) is 3.82. The Morgan fingerprint density at radius 3 is 2.21 bits per heavy atom. The van der Waals surface area contributed by atoms with Crippen LogP contribution in [0.2, 0.25) is 0 Å². The van der Waals surface area contributed by atoms with Gasteiger partial charge < -0.3 is 4.90 Å². The van der Waals surface area contributed by atoms with E-state index in [0.717, 1.165) is 10.2 Å². The molecular formula is C17H16BrN3O2S. The minimum atomic E-state index is -3.94. The van der Waals surface area contributed by atoms with E-state index in [4.69, 9.17) is 0 Å². The minimum absolute atomic E-state index is 0.344. The highest BCUT2D eigenvalue weighted by Crippen LogP contribution is 2.20. The van der Waals surface area contributed by atoms with Crippen LogP contribution in [0.1, 0.15) is 5.56 Å². The maximum Gasteiger partial charge on any atom is 0.272 e. The van der Waals surface area contributed by atoms with E-state index in [0.29, 0.717) is 11.3 Å². The molecule has 2 rings (SSSR count). The Labute approximate surface area is 150 Å². The normalized spacial score (nSPS) is 11.7. The van der Waals surface area contributed by atoms with Crippen LogP contribution in [0.25, 0.3) is 6.08 Å². The van der Waals surface area contributed by atoms with Crippen molar-refractivity contribution >= 4 is 43.4 Å². The van der Waals surface area contributed by atoms with E-state index in [2.05, 4.69) is 20.7 Å². The second-order valence-corrected chi connectivity index (χ2v) is 7.79. The summed E-state index contributed by atoms with van der Waals surface area (Å²) in [5.41, 5.74) is 2.02. The zero-order chi connectivity index (χ0) is 17.7. The first-order chi connectivity index (χ1) is 11.3. The Bertz CT molecular complexity index is 881. The van der Waals surface area contributed by atoms with Crippen LogP contribution in [0.5, 0.6) is 0 Å². The molecule has 0 aliphatic carbocycles. The zero-order valence-electron chi connectivity index (χ0n) is 13.2. The summed E-state index contributed by atoms with van der Waals surface area (Å²) in [6, 6.07) is 15.7. The van der Waals surface area contributed by atoms with Crippen molar-refractivity contribution in [2.24, 2.45) is 0 Å². The van der Waals surface area contributed by atoms with Gasteiger partial charge >= 0.3 is 0 Å². The summed E-state index contributed by atoms with van der Waals surface area (Å²) in [6.07, 6.45) is 1.35. The smallest absolute Gasteiger partial charge is 0.272 e. The van der Waals surface area contributed by atoms with Crippen LogP contribution in [-0.2, 0) is 10.0 Å². The summed E-state index contributed by atoms with van der Waals surface area (Å²) >= 11 is 3.28. The lowest BCUT2D eigenvalue weighted by atomic mass is 10.2. The standard InChI is InChI=1S/C17H16BrN3O2S/c1-21(2)16-9-3-13(4-10-16)11-17(12-19)24(22,23)20-15-7-5-14(18)6-8-15/h3-11,20H,1-2H3. The van der Waals surface area contributed by atoms with Crippen molar-refractivity contribution in [3.05, 3.63) is 63.5 Å². The van der Waals surface area contributed by atoms with Gasteiger partial charge in [0.2, 0.25) is 0 Å². The summed E-state index contributed by atoms with van der Waals surface area (Å²) in [4.78, 5) is 1.59. The summed E-state index contributed by atoms with van der Waals surface area (Å²) in [7, 11) is -0.109. The molecule has 0 saturated heterocycles. The van der Waals surface area contributed by atoms with Gasteiger partial charge in [-0.25, -0.2) is 8.42 Å². The Hall–Kier alpha value is -2.30. The Kier molecular flexibility index (Phi) is 5.65. The van der Waals surface area contributed by atoms with Gasteiger partial charge in [0.25, 0.3) is 10.0 Å². The highest BCUT2D eigenvalue weighted by Gasteiger charge is 2.17. The quantitative estimate of drug-likeness (QED) is 0.767. The van der Waals surface area contributed by atoms with E-state index >= 15 is 0 Å². The lowest BCUT2D eigenvalue weighted by Gasteiger charge is -2.12. The molecule has 0 spiro atoms. The molecule has 0 aliphatic heterocycles. The zero-order valence-corrected chi connectivity index (χ0v) is 15.6. The molecule has 2 aromatic carbocycles. The van der Waals surface area contributed by atoms with E-state index in [1.54, 1.807) is 42.5 Å². The van der Waals surface area contributed by atoms with Gasteiger partial charge in [0.05, 0.1) is 0 Å². The SMILES string of the molecule is CN(C)c1ccc(C=C(C#N)S(=O)(=O)Nc2ccc(Br)cc2)cc1. The molecule has 0 unspecified atom stereocenters. The topological polar surface area (TPSA) is 73.2 Å². The molecule has 5 nitrogen and oxygen atoms in total. The van der Waals surface area contributed by atoms with Gasteiger partial charge in [-0.1, -0.05) is 28.1 Å². The van der Waals surface area contributed by atoms with Gasteiger partial charge in [0.15, 0.2) is 4.91 Å². The van der Waals surface area contributed by atoms with Crippen molar-refractivity contribution in [3.63, 3.8) is 0 Å². The van der Waals surface area contributed by atoms with E-state index in [1.165, 1.54) is 6.08 Å². The third-order valence-electron chi connectivity index (χ3n) is 3.20. The van der Waals surface area contributed by atoms with E-state index in [-0.39, 0.29) is 4.91 Å². The molecule has 0 amide bonds. The van der Waals surface area contributed by atoms with Gasteiger partial charge in [-0.2, -0.15) is 5.26 Å². The van der Waals surface area contributed by atoms with Crippen LogP contribution >= 0.6 is 15.9 Å². The maximum absolute atomic E-state index is 12.4. The number of halogens is 1. The molecule has 0 bridgehead atoms. The molecule has 1 N–H and O–H groups in total. The van der Waals surface area contributed by atoms with E-state index in [9.17, 15) is 13.7 Å². The number of sulfonamides is 1. The van der Waals surface area contributed by atoms with Gasteiger partial charge in [-0.15, -0.1) is 0 Å². The van der Waals surface area contributed by atoms with Crippen LogP contribution in [-0.4, -0.2) is 22.5 Å². The minimum Gasteiger partial charge on any atom is -0.378 e. The molecule has 0 atom stereocenters. The lowest BCUT2D eigenvalue weighted by Crippen LogP contribution is -2.14. The van der Waals surface area contributed by atoms with Crippen LogP contribution < -0.4 is 9.62 Å². The summed E-state index contributed by atoms with van der Waals surface area (Å²) in [5, 5.41) is 9.23. The Morgan fingerprint density at radius 2 is 1.71 bits per heavy atom. The molecule has 2 aromatic rings. The van der Waals surface area contributed by atoms with Crippen molar-refractivity contribution in [1.82, 2.24) is 0 Å². The van der Waals surface area contributed by atoms with E-state index < -0.39 is 10.0 Å². The van der Waals surface area contributed by atoms with Crippen LogP contribution in [0.15, 0.2) is 57.9 Å². The van der Waals surface area contributed by atoms with Gasteiger partial charge in [0, 0.05) is 29.9 Å². The lowest BCUT2D eigenvalue weighted by molar-refractivity contribution is 0.608. The molecule has 124 valence electrons. The number of nitrogens with one attached hydrogen (secondary N) is 1. The number of nitriles is 1. The summed E-state index contributed by atoms with van der Waals surface area (Å²) < 4.78 is 28.0. The van der Waals surface area contributed by atoms with Gasteiger partial charge in [-0.3, -0.25) is 4.72 Å². The van der Waals surface area contributed by atoms with Crippen molar-refractivity contribution in [3.8, 4) is 6.07 Å². The second kappa shape index (κ2) is 7.51. The fourth-order valence-electron chi connectivity index (χ4n) is 1.92. The second-order valence-electron chi connectivity index (χ2n) is 5.22. The highest BCUT2D eigenvalue weighted by atomic mass is 79.9. The number of allylic oxidation sites excluding steroid dienone is 1. The highest BCUT2D eigenvalue weighted by molar-refractivity contribution is 9.10.